The van der Waals surface area contributed by atoms with Gasteiger partial charge >= 0.3 is 0 Å². The van der Waals surface area contributed by atoms with Gasteiger partial charge in [0.25, 0.3) is 0 Å². The Bertz CT molecular complexity index is 952. The molecule has 2 heterocycles. The van der Waals surface area contributed by atoms with Crippen LogP contribution in [-0.4, -0.2) is 38.9 Å². The maximum absolute atomic E-state index is 13.1. The second-order valence-electron chi connectivity index (χ2n) is 6.98. The highest BCUT2D eigenvalue weighted by Crippen LogP contribution is 2.39. The van der Waals surface area contributed by atoms with Crippen molar-refractivity contribution in [1.29, 1.82) is 0 Å². The van der Waals surface area contributed by atoms with E-state index >= 15 is 0 Å². The Kier molecular flexibility index (Phi) is 5.25. The lowest BCUT2D eigenvalue weighted by Gasteiger charge is -2.42. The van der Waals surface area contributed by atoms with E-state index in [1.165, 1.54) is 6.26 Å². The van der Waals surface area contributed by atoms with Crippen LogP contribution in [0.5, 0.6) is 0 Å². The van der Waals surface area contributed by atoms with E-state index in [0.717, 1.165) is 11.1 Å². The van der Waals surface area contributed by atoms with E-state index in [4.69, 9.17) is 14.2 Å². The molecule has 0 radical (unpaired) electrons. The summed E-state index contributed by atoms with van der Waals surface area (Å²) in [6.45, 7) is 1.76. The van der Waals surface area contributed by atoms with Gasteiger partial charge in [0.1, 0.15) is 12.2 Å². The van der Waals surface area contributed by atoms with Crippen molar-refractivity contribution < 1.29 is 27.7 Å². The molecule has 1 N–H and O–H groups in total. The molecule has 7 heteroatoms. The van der Waals surface area contributed by atoms with E-state index in [9.17, 15) is 13.5 Å². The third-order valence-corrected chi connectivity index (χ3v) is 7.00. The lowest BCUT2D eigenvalue weighted by Crippen LogP contribution is -2.50. The zero-order valence-corrected chi connectivity index (χ0v) is 16.2. The summed E-state index contributed by atoms with van der Waals surface area (Å²) < 4.78 is 43.7. The molecule has 2 aromatic rings. The second kappa shape index (κ2) is 7.67. The molecule has 6 nitrogen and oxygen atoms in total. The molecule has 0 aliphatic carbocycles. The Hall–Kier alpha value is -2.19. The Labute approximate surface area is 164 Å². The quantitative estimate of drug-likeness (QED) is 0.847. The molecule has 0 saturated carbocycles. The van der Waals surface area contributed by atoms with Gasteiger partial charge in [-0.05, 0) is 19.1 Å². The van der Waals surface area contributed by atoms with Crippen molar-refractivity contribution in [3.05, 3.63) is 76.9 Å². The second-order valence-corrected chi connectivity index (χ2v) is 8.93. The topological polar surface area (TPSA) is 82.1 Å². The summed E-state index contributed by atoms with van der Waals surface area (Å²) in [5, 5.41) is 10.0. The molecule has 0 bridgehead atoms. The molecule has 0 spiro atoms. The molecule has 4 atom stereocenters. The molecule has 2 aliphatic rings. The average molecular weight is 402 g/mol. The van der Waals surface area contributed by atoms with Gasteiger partial charge in [0.05, 0.1) is 35.2 Å². The Morgan fingerprint density at radius 1 is 1.07 bits per heavy atom. The standard InChI is InChI=1S/C21H22O6S/c1-14-7-9-16(10-8-14)28(23,24)19-13-25-18-12-26-21(15-5-3-2-4-6-15)27-20(18)17(19)11-22/h2-10,13,17-18,20-22H,11-12H2,1H3/t17-,18-,20+,21?/m1/s1. The third kappa shape index (κ3) is 3.46. The number of rotatable bonds is 4. The monoisotopic (exact) mass is 402 g/mol. The van der Waals surface area contributed by atoms with Crippen LogP contribution in [0, 0.1) is 12.8 Å². The van der Waals surface area contributed by atoms with Crippen LogP contribution in [0.2, 0.25) is 0 Å². The number of aliphatic hydroxyl groups is 1. The summed E-state index contributed by atoms with van der Waals surface area (Å²) in [4.78, 5) is 0.185. The molecular weight excluding hydrogens is 380 g/mol. The number of benzene rings is 2. The summed E-state index contributed by atoms with van der Waals surface area (Å²) in [6, 6.07) is 16.0. The van der Waals surface area contributed by atoms with Gasteiger partial charge in [0, 0.05) is 5.56 Å². The number of aryl methyl sites for hydroxylation is 1. The van der Waals surface area contributed by atoms with Crippen LogP contribution in [0.4, 0.5) is 0 Å². The number of hydrogen-bond acceptors (Lipinski definition) is 6. The van der Waals surface area contributed by atoms with Crippen molar-refractivity contribution in [2.24, 2.45) is 5.92 Å². The number of hydrogen-bond donors (Lipinski definition) is 1. The van der Waals surface area contributed by atoms with Crippen LogP contribution < -0.4 is 0 Å². The fourth-order valence-electron chi connectivity index (χ4n) is 3.52. The van der Waals surface area contributed by atoms with E-state index in [1.807, 2.05) is 37.3 Å². The fraction of sp³-hybridized carbons (Fsp3) is 0.333. The highest BCUT2D eigenvalue weighted by molar-refractivity contribution is 7.95. The lowest BCUT2D eigenvalue weighted by atomic mass is 9.95. The first-order valence-electron chi connectivity index (χ1n) is 9.11. The first kappa shape index (κ1) is 19.1. The molecule has 0 amide bonds. The maximum Gasteiger partial charge on any atom is 0.206 e. The maximum atomic E-state index is 13.1. The minimum atomic E-state index is -3.82. The van der Waals surface area contributed by atoms with E-state index in [1.54, 1.807) is 24.3 Å². The van der Waals surface area contributed by atoms with Crippen molar-refractivity contribution in [3.8, 4) is 0 Å². The minimum Gasteiger partial charge on any atom is -0.492 e. The summed E-state index contributed by atoms with van der Waals surface area (Å²) in [6.07, 6.45) is -0.521. The van der Waals surface area contributed by atoms with Crippen LogP contribution in [0.1, 0.15) is 17.4 Å². The molecule has 148 valence electrons. The van der Waals surface area contributed by atoms with Gasteiger partial charge in [-0.15, -0.1) is 0 Å². The van der Waals surface area contributed by atoms with Gasteiger partial charge < -0.3 is 19.3 Å². The average Bonchev–Trinajstić information content (AvgIpc) is 2.73. The number of ether oxygens (including phenoxy) is 3. The van der Waals surface area contributed by atoms with Crippen LogP contribution in [0.25, 0.3) is 0 Å². The summed E-state index contributed by atoms with van der Waals surface area (Å²) in [5.41, 5.74) is 1.79. The van der Waals surface area contributed by atoms with Crippen LogP contribution >= 0.6 is 0 Å². The van der Waals surface area contributed by atoms with Crippen LogP contribution in [-0.2, 0) is 24.0 Å². The smallest absolute Gasteiger partial charge is 0.206 e. The zero-order valence-electron chi connectivity index (χ0n) is 15.4. The van der Waals surface area contributed by atoms with Crippen molar-refractivity contribution >= 4 is 9.84 Å². The molecular formula is C21H22O6S. The SMILES string of the molecule is Cc1ccc(S(=O)(=O)C2=CO[C@@H]3COC(c4ccccc4)O[C@H]3[C@@H]2CO)cc1. The molecule has 1 unspecified atom stereocenters. The van der Waals surface area contributed by atoms with Gasteiger partial charge in [0.15, 0.2) is 6.29 Å². The molecule has 28 heavy (non-hydrogen) atoms. The molecule has 4 rings (SSSR count). The van der Waals surface area contributed by atoms with E-state index in [-0.39, 0.29) is 23.0 Å². The van der Waals surface area contributed by atoms with Gasteiger partial charge in [-0.2, -0.15) is 0 Å². The lowest BCUT2D eigenvalue weighted by molar-refractivity contribution is -0.272. The van der Waals surface area contributed by atoms with Gasteiger partial charge in [-0.1, -0.05) is 48.0 Å². The molecule has 2 aliphatic heterocycles. The fourth-order valence-corrected chi connectivity index (χ4v) is 5.07. The largest absolute Gasteiger partial charge is 0.492 e. The van der Waals surface area contributed by atoms with Crippen molar-refractivity contribution in [1.82, 2.24) is 0 Å². The number of aliphatic hydroxyl groups excluding tert-OH is 1. The highest BCUT2D eigenvalue weighted by atomic mass is 32.2. The Balaban J connectivity index is 1.64. The number of fused-ring (bicyclic) bond motifs is 1. The van der Waals surface area contributed by atoms with Crippen molar-refractivity contribution in [2.75, 3.05) is 13.2 Å². The van der Waals surface area contributed by atoms with Crippen molar-refractivity contribution in [3.63, 3.8) is 0 Å². The normalized spacial score (nSPS) is 27.4. The predicted octanol–water partition coefficient (Wildman–Crippen LogP) is 2.73. The van der Waals surface area contributed by atoms with E-state index < -0.39 is 34.3 Å². The van der Waals surface area contributed by atoms with Crippen LogP contribution in [0.15, 0.2) is 70.7 Å². The minimum absolute atomic E-state index is 0.0221. The molecule has 2 aromatic carbocycles. The van der Waals surface area contributed by atoms with Gasteiger partial charge in [-0.25, -0.2) is 8.42 Å². The summed E-state index contributed by atoms with van der Waals surface area (Å²) in [7, 11) is -3.82. The highest BCUT2D eigenvalue weighted by Gasteiger charge is 2.46. The third-order valence-electron chi connectivity index (χ3n) is 5.09. The first-order valence-corrected chi connectivity index (χ1v) is 10.6. The Morgan fingerprint density at radius 2 is 1.79 bits per heavy atom. The van der Waals surface area contributed by atoms with Gasteiger partial charge in [-0.3, -0.25) is 0 Å². The number of sulfone groups is 1. The van der Waals surface area contributed by atoms with Gasteiger partial charge in [0.2, 0.25) is 9.84 Å². The molecule has 1 saturated heterocycles. The van der Waals surface area contributed by atoms with Crippen LogP contribution in [0.3, 0.4) is 0 Å². The molecule has 0 aromatic heterocycles. The van der Waals surface area contributed by atoms with Crippen molar-refractivity contribution in [2.45, 2.75) is 30.3 Å². The van der Waals surface area contributed by atoms with E-state index in [2.05, 4.69) is 0 Å². The summed E-state index contributed by atoms with van der Waals surface area (Å²) >= 11 is 0. The first-order chi connectivity index (χ1) is 13.5. The zero-order chi connectivity index (χ0) is 19.7. The predicted molar refractivity (Wildman–Crippen MR) is 102 cm³/mol. The van der Waals surface area contributed by atoms with E-state index in [0.29, 0.717) is 0 Å². The summed E-state index contributed by atoms with van der Waals surface area (Å²) in [5.74, 6) is -0.736. The molecule has 1 fully saturated rings. The Morgan fingerprint density at radius 3 is 2.46 bits per heavy atom.